The highest BCUT2D eigenvalue weighted by Gasteiger charge is 2.16. The Labute approximate surface area is 70.3 Å². The van der Waals surface area contributed by atoms with Gasteiger partial charge in [0, 0.05) is 0 Å². The van der Waals surface area contributed by atoms with Crippen LogP contribution in [-0.4, -0.2) is 23.0 Å². The normalized spacial score (nSPS) is 10.9. The first-order valence-corrected chi connectivity index (χ1v) is 3.22. The maximum Gasteiger partial charge on any atom is 0.326 e. The Hall–Kier alpha value is -1.76. The van der Waals surface area contributed by atoms with Crippen LogP contribution in [0.4, 0.5) is 0 Å². The first-order valence-electron chi connectivity index (χ1n) is 3.22. The minimum Gasteiger partial charge on any atom is -0.480 e. The highest BCUT2D eigenvalue weighted by Crippen LogP contribution is 1.92. The second kappa shape index (κ2) is 4.97. The highest BCUT2D eigenvalue weighted by molar-refractivity contribution is 5.95. The van der Waals surface area contributed by atoms with Crippen molar-refractivity contribution in [2.45, 2.75) is 12.5 Å². The largest absolute Gasteiger partial charge is 0.480 e. The van der Waals surface area contributed by atoms with Crippen molar-refractivity contribution in [2.24, 2.45) is 0 Å². The van der Waals surface area contributed by atoms with E-state index in [0.717, 1.165) is 0 Å². The zero-order valence-corrected chi connectivity index (χ0v) is 6.41. The van der Waals surface area contributed by atoms with E-state index in [1.165, 1.54) is 6.08 Å². The first-order chi connectivity index (χ1) is 5.61. The number of carbonyl (C=O) groups is 2. The van der Waals surface area contributed by atoms with Crippen molar-refractivity contribution in [3.8, 4) is 12.3 Å². The van der Waals surface area contributed by atoms with Crippen LogP contribution in [0.3, 0.4) is 0 Å². The Balaban J connectivity index is 4.15. The maximum absolute atomic E-state index is 10.6. The summed E-state index contributed by atoms with van der Waals surface area (Å²) >= 11 is 0. The number of aliphatic carboxylic acids is 1. The van der Waals surface area contributed by atoms with Gasteiger partial charge >= 0.3 is 5.97 Å². The summed E-state index contributed by atoms with van der Waals surface area (Å²) in [4.78, 5) is 21.0. The molecule has 0 aromatic carbocycles. The van der Waals surface area contributed by atoms with Gasteiger partial charge in [-0.1, -0.05) is 6.08 Å². The molecule has 0 bridgehead atoms. The van der Waals surface area contributed by atoms with Crippen LogP contribution in [0.5, 0.6) is 0 Å². The molecule has 0 saturated heterocycles. The average Bonchev–Trinajstić information content (AvgIpc) is 2.03. The van der Waals surface area contributed by atoms with Gasteiger partial charge in [-0.2, -0.15) is 0 Å². The Morgan fingerprint density at radius 3 is 2.67 bits per heavy atom. The number of carbonyl (C=O) groups excluding carboxylic acids is 1. The van der Waals surface area contributed by atoms with Gasteiger partial charge in [0.05, 0.1) is 0 Å². The zero-order chi connectivity index (χ0) is 9.56. The quantitative estimate of drug-likeness (QED) is 0.448. The third-order valence-electron chi connectivity index (χ3n) is 1.14. The van der Waals surface area contributed by atoms with E-state index >= 15 is 0 Å². The number of carboxylic acid groups (broad SMARTS) is 1. The Bertz CT molecular complexity index is 239. The van der Waals surface area contributed by atoms with Crippen molar-refractivity contribution in [3.63, 3.8) is 0 Å². The van der Waals surface area contributed by atoms with Crippen LogP contribution < -0.4 is 5.32 Å². The number of nitrogens with one attached hydrogen (secondary N) is 1. The molecule has 1 atom stereocenters. The molecule has 0 spiro atoms. The van der Waals surface area contributed by atoms with Gasteiger partial charge in [-0.3, -0.25) is 4.79 Å². The molecule has 64 valence electrons. The highest BCUT2D eigenvalue weighted by atomic mass is 16.4. The summed E-state index contributed by atoms with van der Waals surface area (Å²) in [7, 11) is 0. The Kier molecular flexibility index (Phi) is 4.24. The van der Waals surface area contributed by atoms with Gasteiger partial charge in [0.1, 0.15) is 6.04 Å². The lowest BCUT2D eigenvalue weighted by atomic mass is 10.2. The number of carboxylic acids is 1. The van der Waals surface area contributed by atoms with Crippen molar-refractivity contribution in [3.05, 3.63) is 12.7 Å². The van der Waals surface area contributed by atoms with Crippen LogP contribution in [-0.2, 0) is 9.59 Å². The summed E-state index contributed by atoms with van der Waals surface area (Å²) in [6.07, 6.45) is 6.29. The van der Waals surface area contributed by atoms with Crippen molar-refractivity contribution in [1.82, 2.24) is 5.32 Å². The molecule has 4 heteroatoms. The molecule has 12 heavy (non-hydrogen) atoms. The molecule has 1 amide bonds. The summed E-state index contributed by atoms with van der Waals surface area (Å²) in [5.41, 5.74) is 0. The molecule has 0 aliphatic heterocycles. The lowest BCUT2D eigenvalue weighted by Gasteiger charge is -2.08. The van der Waals surface area contributed by atoms with Gasteiger partial charge < -0.3 is 10.4 Å². The number of rotatable bonds is 4. The molecule has 0 rings (SSSR count). The van der Waals surface area contributed by atoms with Gasteiger partial charge in [-0.25, -0.2) is 4.79 Å². The van der Waals surface area contributed by atoms with Crippen LogP contribution in [0.25, 0.3) is 0 Å². The molecule has 4 nitrogen and oxygen atoms in total. The van der Waals surface area contributed by atoms with Gasteiger partial charge in [0.25, 0.3) is 5.91 Å². The fraction of sp³-hybridized carbons (Fsp3) is 0.250. The number of hydrogen-bond donors (Lipinski definition) is 2. The topological polar surface area (TPSA) is 66.4 Å². The van der Waals surface area contributed by atoms with Crippen molar-refractivity contribution in [1.29, 1.82) is 0 Å². The molecule has 0 aliphatic rings. The summed E-state index contributed by atoms with van der Waals surface area (Å²) in [6.45, 7) is 3.35. The summed E-state index contributed by atoms with van der Waals surface area (Å²) in [5.74, 6) is -0.0975. The van der Waals surface area contributed by atoms with Gasteiger partial charge in [-0.05, 0) is 12.3 Å². The first kappa shape index (κ1) is 10.2. The van der Waals surface area contributed by atoms with Crippen LogP contribution >= 0.6 is 0 Å². The van der Waals surface area contributed by atoms with E-state index in [1.807, 2.05) is 0 Å². The number of amides is 1. The third-order valence-corrected chi connectivity index (χ3v) is 1.14. The molecular formula is C8H9NO3. The molecule has 0 aromatic heterocycles. The van der Waals surface area contributed by atoms with Gasteiger partial charge in [0.2, 0.25) is 0 Å². The zero-order valence-electron chi connectivity index (χ0n) is 6.41. The summed E-state index contributed by atoms with van der Waals surface area (Å²) < 4.78 is 0. The predicted molar refractivity (Wildman–Crippen MR) is 43.2 cm³/mol. The predicted octanol–water partition coefficient (Wildman–Crippen LogP) is -0.235. The minimum absolute atomic E-state index is 0.156. The minimum atomic E-state index is -1.13. The van der Waals surface area contributed by atoms with Gasteiger partial charge in [0.15, 0.2) is 0 Å². The smallest absolute Gasteiger partial charge is 0.326 e. The van der Waals surface area contributed by atoms with Gasteiger partial charge in [-0.15, -0.1) is 13.0 Å². The lowest BCUT2D eigenvalue weighted by molar-refractivity contribution is -0.141. The van der Waals surface area contributed by atoms with E-state index in [-0.39, 0.29) is 6.42 Å². The van der Waals surface area contributed by atoms with Crippen molar-refractivity contribution < 1.29 is 14.7 Å². The molecule has 0 aromatic rings. The lowest BCUT2D eigenvalue weighted by Crippen LogP contribution is -2.39. The number of hydrogen-bond acceptors (Lipinski definition) is 2. The van der Waals surface area contributed by atoms with Crippen LogP contribution in [0.15, 0.2) is 12.7 Å². The fourth-order valence-electron chi connectivity index (χ4n) is 0.588. The molecule has 2 N–H and O–H groups in total. The molecule has 0 radical (unpaired) electrons. The molecular weight excluding hydrogens is 158 g/mol. The Morgan fingerprint density at radius 1 is 1.75 bits per heavy atom. The van der Waals surface area contributed by atoms with E-state index in [4.69, 9.17) is 11.5 Å². The van der Waals surface area contributed by atoms with Crippen molar-refractivity contribution in [2.75, 3.05) is 0 Å². The second-order valence-corrected chi connectivity index (χ2v) is 2.03. The monoisotopic (exact) mass is 167 g/mol. The van der Waals surface area contributed by atoms with Crippen LogP contribution in [0, 0.1) is 12.3 Å². The van der Waals surface area contributed by atoms with E-state index in [1.54, 1.807) is 5.92 Å². The van der Waals surface area contributed by atoms with Crippen molar-refractivity contribution >= 4 is 11.9 Å². The fourth-order valence-corrected chi connectivity index (χ4v) is 0.588. The SMILES string of the molecule is C#CC(=O)NC(CC=C)C(=O)O. The summed E-state index contributed by atoms with van der Waals surface area (Å²) in [5, 5.41) is 10.6. The number of terminal acetylenes is 1. The molecule has 0 fully saturated rings. The van der Waals surface area contributed by atoms with E-state index in [0.29, 0.717) is 0 Å². The summed E-state index contributed by atoms with van der Waals surface area (Å²) in [6, 6.07) is -0.981. The third kappa shape index (κ3) is 3.42. The second-order valence-electron chi connectivity index (χ2n) is 2.03. The standard InChI is InChI=1S/C8H9NO3/c1-3-5-6(8(11)12)9-7(10)4-2/h2-3,6H,1,5H2,(H,9,10)(H,11,12). The molecule has 0 saturated carbocycles. The average molecular weight is 167 g/mol. The Morgan fingerprint density at radius 2 is 2.33 bits per heavy atom. The van der Waals surface area contributed by atoms with Crippen LogP contribution in [0.2, 0.25) is 0 Å². The van der Waals surface area contributed by atoms with E-state index in [9.17, 15) is 9.59 Å². The molecule has 0 aliphatic carbocycles. The molecule has 1 unspecified atom stereocenters. The maximum atomic E-state index is 10.6. The van der Waals surface area contributed by atoms with E-state index in [2.05, 4.69) is 11.9 Å². The van der Waals surface area contributed by atoms with E-state index < -0.39 is 17.9 Å². The van der Waals surface area contributed by atoms with Crippen LogP contribution in [0.1, 0.15) is 6.42 Å². The molecule has 0 heterocycles.